The molecule has 0 radical (unpaired) electrons. The van der Waals surface area contributed by atoms with Crippen LogP contribution in [0.1, 0.15) is 61.6 Å². The van der Waals surface area contributed by atoms with Crippen LogP contribution in [0.3, 0.4) is 0 Å². The predicted octanol–water partition coefficient (Wildman–Crippen LogP) is 2.31. The number of rotatable bonds is 11. The molecule has 1 amide bonds. The van der Waals surface area contributed by atoms with Gasteiger partial charge in [0.25, 0.3) is 17.0 Å². The molecule has 8 heterocycles. The molecule has 3 saturated heterocycles. The molecule has 25 nitrogen and oxygen atoms in total. The Hall–Kier alpha value is -7.09. The molecular weight excluding hydrogens is 907 g/mol. The molecule has 0 bridgehead atoms. The molecule has 0 saturated carbocycles. The van der Waals surface area contributed by atoms with Gasteiger partial charge in [0.1, 0.15) is 18.1 Å². The first kappa shape index (κ1) is 48.8. The number of sulfonamides is 1. The van der Waals surface area contributed by atoms with Crippen LogP contribution in [0.5, 0.6) is 0 Å². The number of amides is 1. The Balaban J connectivity index is 0.000000162. The molecule has 0 spiro atoms. The minimum atomic E-state index is -3.36. The fourth-order valence-corrected chi connectivity index (χ4v) is 8.58. The zero-order valence-corrected chi connectivity index (χ0v) is 38.5. The lowest BCUT2D eigenvalue weighted by Gasteiger charge is -2.36. The van der Waals surface area contributed by atoms with Crippen molar-refractivity contribution in [1.82, 2.24) is 43.9 Å². The van der Waals surface area contributed by atoms with Crippen LogP contribution < -0.4 is 31.7 Å². The van der Waals surface area contributed by atoms with E-state index in [2.05, 4.69) is 68.7 Å². The Morgan fingerprint density at radius 2 is 1.76 bits per heavy atom. The van der Waals surface area contributed by atoms with Crippen LogP contribution >= 0.6 is 0 Å². The number of benzene rings is 1. The van der Waals surface area contributed by atoms with E-state index in [0.717, 1.165) is 41.5 Å². The maximum Gasteiger partial charge on any atom is 0.330 e. The number of piperazine rings is 1. The zero-order chi connectivity index (χ0) is 48.7. The second kappa shape index (κ2) is 21.3. The van der Waals surface area contributed by atoms with E-state index in [1.807, 2.05) is 17.0 Å². The van der Waals surface area contributed by atoms with Crippen molar-refractivity contribution < 1.29 is 32.9 Å². The van der Waals surface area contributed by atoms with Crippen LogP contribution in [0.4, 0.5) is 17.2 Å². The van der Waals surface area contributed by atoms with E-state index in [1.54, 1.807) is 48.3 Å². The van der Waals surface area contributed by atoms with E-state index >= 15 is 0 Å². The largest absolute Gasteiger partial charge is 0.394 e. The number of carbonyl (C=O) groups is 1. The predicted molar refractivity (Wildman–Crippen MR) is 251 cm³/mol. The summed E-state index contributed by atoms with van der Waals surface area (Å²) < 4.78 is 39.4. The Kier molecular flexibility index (Phi) is 15.3. The fourth-order valence-electron chi connectivity index (χ4n) is 8.03. The highest BCUT2D eigenvalue weighted by atomic mass is 32.2. The third-order valence-corrected chi connectivity index (χ3v) is 11.9. The van der Waals surface area contributed by atoms with Gasteiger partial charge in [-0.2, -0.15) is 0 Å². The Labute approximate surface area is 387 Å². The molecule has 3 aliphatic rings. The van der Waals surface area contributed by atoms with Gasteiger partial charge in [-0.25, -0.2) is 28.2 Å². The number of ether oxygens (including phenoxy) is 2. The van der Waals surface area contributed by atoms with E-state index in [4.69, 9.17) is 25.2 Å². The topological polar surface area (TPSA) is 337 Å². The van der Waals surface area contributed by atoms with Crippen molar-refractivity contribution >= 4 is 55.2 Å². The van der Waals surface area contributed by atoms with Crippen molar-refractivity contribution in [2.75, 3.05) is 60.6 Å². The quantitative estimate of drug-likeness (QED) is 0.0557. The van der Waals surface area contributed by atoms with Crippen LogP contribution in [0.2, 0.25) is 0 Å². The van der Waals surface area contributed by atoms with E-state index in [9.17, 15) is 27.6 Å². The molecule has 362 valence electrons. The van der Waals surface area contributed by atoms with Crippen molar-refractivity contribution in [3.05, 3.63) is 114 Å². The summed E-state index contributed by atoms with van der Waals surface area (Å²) in [7, 11) is -3.36. The van der Waals surface area contributed by atoms with Crippen LogP contribution in [-0.2, 0) is 19.5 Å². The molecule has 3 fully saturated rings. The van der Waals surface area contributed by atoms with Crippen molar-refractivity contribution in [3.8, 4) is 0 Å². The number of fused-ring (bicyclic) bond motifs is 2. The molecule has 5 aromatic heterocycles. The Morgan fingerprint density at radius 3 is 2.46 bits per heavy atom. The van der Waals surface area contributed by atoms with Gasteiger partial charge in [0.15, 0.2) is 17.0 Å². The summed E-state index contributed by atoms with van der Waals surface area (Å²) in [6, 6.07) is 10.6. The number of pyridine rings is 1. The summed E-state index contributed by atoms with van der Waals surface area (Å²) in [6.07, 6.45) is 7.36. The van der Waals surface area contributed by atoms with Gasteiger partial charge in [0.2, 0.25) is 10.0 Å². The third kappa shape index (κ3) is 11.5. The van der Waals surface area contributed by atoms with Gasteiger partial charge in [0, 0.05) is 78.1 Å². The van der Waals surface area contributed by atoms with E-state index in [0.29, 0.717) is 60.3 Å². The van der Waals surface area contributed by atoms with Gasteiger partial charge < -0.3 is 44.8 Å². The van der Waals surface area contributed by atoms with Gasteiger partial charge >= 0.3 is 5.69 Å². The van der Waals surface area contributed by atoms with Crippen LogP contribution in [0.25, 0.3) is 32.5 Å². The first-order valence-electron chi connectivity index (χ1n) is 21.7. The molecular formula is C42H53N15O10S. The van der Waals surface area contributed by atoms with Crippen LogP contribution in [0, 0.1) is 6.92 Å². The number of H-pyrrole nitrogens is 3. The number of aliphatic hydroxyl groups is 2. The minimum Gasteiger partial charge on any atom is -0.394 e. The number of anilines is 3. The molecule has 9 rings (SSSR count). The summed E-state index contributed by atoms with van der Waals surface area (Å²) in [5, 5.41) is 25.9. The first-order valence-corrected chi connectivity index (χ1v) is 23.6. The first-order chi connectivity index (χ1) is 32.5. The second-order valence-electron chi connectivity index (χ2n) is 16.6. The minimum absolute atomic E-state index is 0.0111. The average molecular weight is 960 g/mol. The summed E-state index contributed by atoms with van der Waals surface area (Å²) in [5.41, 5.74) is 11.1. The lowest BCUT2D eigenvalue weighted by molar-refractivity contribution is -0.0271. The normalized spacial score (nSPS) is 20.4. The smallest absolute Gasteiger partial charge is 0.330 e. The monoisotopic (exact) mass is 959 g/mol. The van der Waals surface area contributed by atoms with E-state index < -0.39 is 39.6 Å². The summed E-state index contributed by atoms with van der Waals surface area (Å²) in [4.78, 5) is 74.7. The molecule has 0 aliphatic carbocycles. The highest BCUT2D eigenvalue weighted by Gasteiger charge is 2.36. The van der Waals surface area contributed by atoms with E-state index in [1.165, 1.54) is 17.1 Å². The van der Waals surface area contributed by atoms with Gasteiger partial charge in [-0.3, -0.25) is 33.2 Å². The Bertz CT molecular complexity index is 3080. The standard InChI is InChI=1S/C22H28N6O3S.C10H13N5O4.C10H12N4O3/c1-15(2)24-19-5-4-8-23-21(19)27-9-11-28(12-10-27)22(29)20-14-16-13-17(26-32(3,30)31)6-7-18(16)25-20;1-5-3-15(10(18)12-9(5)17)8-2-6(13-14-11)7(4-16)19-8;15-3-6-1-2-7(17-6)14-5-13-8-9(14)11-4-12-10(8)16/h4-8,13-15,24-26H,9-12H2,1-3H3;3,6-8,16H,2,4H2,1H3,(H,12,17,18);4-7,15H,1-3H2,(H,11,12,16)/t;6-,7+,8+;6-,7+/m.00/s1. The molecule has 26 heteroatoms. The lowest BCUT2D eigenvalue weighted by atomic mass is 10.1. The number of imidazole rings is 1. The van der Waals surface area contributed by atoms with Crippen LogP contribution in [0.15, 0.2) is 80.9 Å². The van der Waals surface area contributed by atoms with Gasteiger partial charge in [0.05, 0.1) is 56.1 Å². The number of nitrogens with one attached hydrogen (secondary N) is 5. The number of aromatic amines is 3. The third-order valence-electron chi connectivity index (χ3n) is 11.3. The number of hydrogen-bond donors (Lipinski definition) is 7. The van der Waals surface area contributed by atoms with E-state index in [-0.39, 0.29) is 43.4 Å². The number of aliphatic hydroxyl groups excluding tert-OH is 2. The number of nitrogens with zero attached hydrogens (tertiary/aromatic N) is 10. The second-order valence-corrected chi connectivity index (χ2v) is 18.4. The number of carbonyl (C=O) groups excluding carboxylic acids is 1. The molecule has 1 aromatic carbocycles. The molecule has 0 unspecified atom stereocenters. The SMILES string of the molecule is CC(C)Nc1cccnc1N1CCN(C(=O)c2cc3cc(NS(C)(=O)=O)ccc3[nH]2)CC1.Cc1cn([C@H]2C[C@H](N=[N+]=[N-])[C@@H](CO)O2)c(=O)[nH]c1=O.O=c1[nH]cnc2c1ncn2[C@H]1CC[C@@H](CO)O1. The van der Waals surface area contributed by atoms with Gasteiger partial charge in [-0.1, -0.05) is 5.11 Å². The van der Waals surface area contributed by atoms with Crippen LogP contribution in [-0.4, -0.2) is 138 Å². The number of aryl methyl sites for hydroxylation is 1. The number of aromatic nitrogens is 8. The molecule has 6 aromatic rings. The molecule has 7 N–H and O–H groups in total. The molecule has 3 aliphatic heterocycles. The van der Waals surface area contributed by atoms with Crippen molar-refractivity contribution in [3.63, 3.8) is 0 Å². The zero-order valence-electron chi connectivity index (χ0n) is 37.6. The molecule has 5 atom stereocenters. The summed E-state index contributed by atoms with van der Waals surface area (Å²) in [6.45, 7) is 8.02. The molecule has 68 heavy (non-hydrogen) atoms. The van der Waals surface area contributed by atoms with Crippen molar-refractivity contribution in [2.24, 2.45) is 5.11 Å². The maximum absolute atomic E-state index is 13.1. The highest BCUT2D eigenvalue weighted by molar-refractivity contribution is 7.92. The average Bonchev–Trinajstić information content (AvgIpc) is 4.14. The fraction of sp³-hybridized carbons (Fsp3) is 0.452. The summed E-state index contributed by atoms with van der Waals surface area (Å²) >= 11 is 0. The lowest BCUT2D eigenvalue weighted by Crippen LogP contribution is -2.49. The summed E-state index contributed by atoms with van der Waals surface area (Å²) in [5.74, 6) is 0.838. The number of azide groups is 1. The van der Waals surface area contributed by atoms with Gasteiger partial charge in [-0.15, -0.1) is 0 Å². The maximum atomic E-state index is 13.1. The van der Waals surface area contributed by atoms with Crippen molar-refractivity contribution in [1.29, 1.82) is 0 Å². The highest BCUT2D eigenvalue weighted by Crippen LogP contribution is 2.31. The number of hydrogen-bond acceptors (Lipinski definition) is 16. The van der Waals surface area contributed by atoms with Gasteiger partial charge in [-0.05, 0) is 75.5 Å². The van der Waals surface area contributed by atoms with Crippen molar-refractivity contribution in [2.45, 2.75) is 76.8 Å². The Morgan fingerprint density at radius 1 is 0.985 bits per heavy atom.